The van der Waals surface area contributed by atoms with Gasteiger partial charge in [0.1, 0.15) is 0 Å². The Hall–Kier alpha value is -4.48. The molecular formula is C29H29N5O3. The molecule has 0 saturated carbocycles. The number of anilines is 1. The Morgan fingerprint density at radius 2 is 1.78 bits per heavy atom. The molecule has 0 aliphatic carbocycles. The molecule has 0 aliphatic rings. The lowest BCUT2D eigenvalue weighted by Crippen LogP contribution is -2.24. The second-order valence-electron chi connectivity index (χ2n) is 9.02. The zero-order valence-electron chi connectivity index (χ0n) is 21.0. The first-order valence-electron chi connectivity index (χ1n) is 12.1. The minimum absolute atomic E-state index is 0.198. The van der Waals surface area contributed by atoms with E-state index >= 15 is 0 Å². The first-order chi connectivity index (χ1) is 17.9. The molecular weight excluding hydrogens is 466 g/mol. The Labute approximate surface area is 215 Å². The van der Waals surface area contributed by atoms with Gasteiger partial charge in [-0.2, -0.15) is 10.4 Å². The second-order valence-corrected chi connectivity index (χ2v) is 9.02. The van der Waals surface area contributed by atoms with Crippen LogP contribution in [0, 0.1) is 11.3 Å². The van der Waals surface area contributed by atoms with E-state index in [9.17, 15) is 14.9 Å². The van der Waals surface area contributed by atoms with Gasteiger partial charge >= 0.3 is 6.09 Å². The average Bonchev–Trinajstić information content (AvgIpc) is 2.91. The summed E-state index contributed by atoms with van der Waals surface area (Å²) in [5.41, 5.74) is 3.19. The fourth-order valence-corrected chi connectivity index (χ4v) is 4.01. The number of carbonyl (C=O) groups is 1. The summed E-state index contributed by atoms with van der Waals surface area (Å²) in [6.45, 7) is 1.58. The van der Waals surface area contributed by atoms with E-state index in [0.29, 0.717) is 28.9 Å². The van der Waals surface area contributed by atoms with Gasteiger partial charge in [-0.05, 0) is 69.4 Å². The predicted octanol–water partition coefficient (Wildman–Crippen LogP) is 4.87. The number of carbonyl (C=O) groups excluding carboxylic acids is 1. The number of hydrogen-bond donors (Lipinski definition) is 1. The molecule has 0 radical (unpaired) electrons. The molecule has 0 saturated heterocycles. The lowest BCUT2D eigenvalue weighted by Gasteiger charge is -2.12. The van der Waals surface area contributed by atoms with Crippen LogP contribution in [-0.4, -0.2) is 48.0 Å². The fraction of sp³-hybridized carbons (Fsp3) is 0.241. The Balaban J connectivity index is 1.49. The van der Waals surface area contributed by atoms with Crippen molar-refractivity contribution >= 4 is 22.6 Å². The van der Waals surface area contributed by atoms with Gasteiger partial charge in [0.15, 0.2) is 0 Å². The van der Waals surface area contributed by atoms with Crippen LogP contribution in [-0.2, 0) is 11.3 Å². The Kier molecular flexibility index (Phi) is 8.29. The molecule has 0 spiro atoms. The van der Waals surface area contributed by atoms with Crippen molar-refractivity contribution in [1.29, 1.82) is 5.26 Å². The monoisotopic (exact) mass is 495 g/mol. The number of ether oxygens (including phenoxy) is 1. The number of unbranched alkanes of at least 4 members (excludes halogenated alkanes) is 1. The van der Waals surface area contributed by atoms with Gasteiger partial charge in [-0.1, -0.05) is 42.5 Å². The Morgan fingerprint density at radius 1 is 1.03 bits per heavy atom. The van der Waals surface area contributed by atoms with Crippen LogP contribution in [0.4, 0.5) is 10.5 Å². The molecule has 8 nitrogen and oxygen atoms in total. The van der Waals surface area contributed by atoms with Crippen LogP contribution in [0.25, 0.3) is 22.0 Å². The molecule has 8 heteroatoms. The van der Waals surface area contributed by atoms with E-state index in [0.717, 1.165) is 35.9 Å². The summed E-state index contributed by atoms with van der Waals surface area (Å²) in [6.07, 6.45) is 1.28. The smallest absolute Gasteiger partial charge is 0.411 e. The molecule has 0 bridgehead atoms. The third-order valence-corrected chi connectivity index (χ3v) is 5.90. The first-order valence-corrected chi connectivity index (χ1v) is 12.1. The minimum Gasteiger partial charge on any atom is -0.449 e. The molecule has 188 valence electrons. The van der Waals surface area contributed by atoms with Gasteiger partial charge in [-0.3, -0.25) is 10.1 Å². The summed E-state index contributed by atoms with van der Waals surface area (Å²) in [5.74, 6) is 0. The molecule has 37 heavy (non-hydrogen) atoms. The second kappa shape index (κ2) is 12.0. The van der Waals surface area contributed by atoms with Crippen LogP contribution in [0.1, 0.15) is 24.0 Å². The van der Waals surface area contributed by atoms with Gasteiger partial charge in [0, 0.05) is 16.6 Å². The SMILES string of the molecule is CN(C)CCCCOC(=O)Nc1ccc(Cn2nc(-c3cccc(C#N)c3)c3ccccc3c2=O)cc1. The van der Waals surface area contributed by atoms with Crippen molar-refractivity contribution in [3.05, 3.63) is 94.3 Å². The lowest BCUT2D eigenvalue weighted by molar-refractivity contribution is 0.158. The van der Waals surface area contributed by atoms with Crippen LogP contribution in [0.5, 0.6) is 0 Å². The largest absolute Gasteiger partial charge is 0.449 e. The van der Waals surface area contributed by atoms with E-state index in [1.807, 2.05) is 50.5 Å². The number of amides is 1. The summed E-state index contributed by atoms with van der Waals surface area (Å²) in [5, 5.41) is 18.0. The van der Waals surface area contributed by atoms with Crippen LogP contribution < -0.4 is 10.9 Å². The average molecular weight is 496 g/mol. The molecule has 4 rings (SSSR count). The minimum atomic E-state index is -0.491. The highest BCUT2D eigenvalue weighted by atomic mass is 16.5. The van der Waals surface area contributed by atoms with Crippen molar-refractivity contribution in [3.63, 3.8) is 0 Å². The van der Waals surface area contributed by atoms with Gasteiger partial charge in [-0.25, -0.2) is 9.48 Å². The van der Waals surface area contributed by atoms with Gasteiger partial charge in [0.2, 0.25) is 0 Å². The highest BCUT2D eigenvalue weighted by Crippen LogP contribution is 2.25. The maximum atomic E-state index is 13.2. The van der Waals surface area contributed by atoms with Crippen molar-refractivity contribution < 1.29 is 9.53 Å². The number of rotatable bonds is 9. The zero-order chi connectivity index (χ0) is 26.2. The van der Waals surface area contributed by atoms with Crippen LogP contribution in [0.3, 0.4) is 0 Å². The van der Waals surface area contributed by atoms with Crippen molar-refractivity contribution in [3.8, 4) is 17.3 Å². The zero-order valence-corrected chi connectivity index (χ0v) is 21.0. The molecule has 1 aromatic heterocycles. The molecule has 3 aromatic carbocycles. The summed E-state index contributed by atoms with van der Waals surface area (Å²) in [7, 11) is 4.02. The van der Waals surface area contributed by atoms with Crippen molar-refractivity contribution in [1.82, 2.24) is 14.7 Å². The molecule has 1 heterocycles. The normalized spacial score (nSPS) is 10.9. The number of benzene rings is 3. The number of nitrogens with zero attached hydrogens (tertiary/aromatic N) is 4. The number of nitrogens with one attached hydrogen (secondary N) is 1. The van der Waals surface area contributed by atoms with Gasteiger partial charge < -0.3 is 9.64 Å². The number of fused-ring (bicyclic) bond motifs is 1. The summed E-state index contributed by atoms with van der Waals surface area (Å²) in [6, 6.07) is 23.9. The topological polar surface area (TPSA) is 100 Å². The third-order valence-electron chi connectivity index (χ3n) is 5.90. The number of nitriles is 1. The summed E-state index contributed by atoms with van der Waals surface area (Å²) in [4.78, 5) is 27.4. The maximum Gasteiger partial charge on any atom is 0.411 e. The number of aromatic nitrogens is 2. The van der Waals surface area contributed by atoms with E-state index < -0.39 is 6.09 Å². The van der Waals surface area contributed by atoms with Crippen LogP contribution in [0.2, 0.25) is 0 Å². The van der Waals surface area contributed by atoms with E-state index in [1.54, 1.807) is 36.4 Å². The van der Waals surface area contributed by atoms with E-state index in [4.69, 9.17) is 4.74 Å². The molecule has 1 N–H and O–H groups in total. The molecule has 0 aliphatic heterocycles. The lowest BCUT2D eigenvalue weighted by atomic mass is 10.0. The fourth-order valence-electron chi connectivity index (χ4n) is 4.01. The molecule has 1 amide bonds. The van der Waals surface area contributed by atoms with Gasteiger partial charge in [0.25, 0.3) is 5.56 Å². The van der Waals surface area contributed by atoms with E-state index in [2.05, 4.69) is 21.4 Å². The maximum absolute atomic E-state index is 13.2. The van der Waals surface area contributed by atoms with Crippen LogP contribution in [0.15, 0.2) is 77.6 Å². The van der Waals surface area contributed by atoms with Crippen LogP contribution >= 0.6 is 0 Å². The van der Waals surface area contributed by atoms with Crippen molar-refractivity contribution in [2.24, 2.45) is 0 Å². The van der Waals surface area contributed by atoms with E-state index in [-0.39, 0.29) is 12.1 Å². The van der Waals surface area contributed by atoms with Crippen molar-refractivity contribution in [2.45, 2.75) is 19.4 Å². The Morgan fingerprint density at radius 3 is 2.51 bits per heavy atom. The number of hydrogen-bond acceptors (Lipinski definition) is 6. The van der Waals surface area contributed by atoms with Gasteiger partial charge in [-0.15, -0.1) is 0 Å². The molecule has 0 fully saturated rings. The van der Waals surface area contributed by atoms with Gasteiger partial charge in [0.05, 0.1) is 35.9 Å². The highest BCUT2D eigenvalue weighted by Gasteiger charge is 2.13. The molecule has 0 unspecified atom stereocenters. The molecule has 4 aromatic rings. The first kappa shape index (κ1) is 25.6. The highest BCUT2D eigenvalue weighted by molar-refractivity contribution is 5.93. The molecule has 0 atom stereocenters. The third kappa shape index (κ3) is 6.60. The standard InChI is InChI=1S/C29H29N5O3/c1-33(2)16-5-6-17-37-29(36)31-24-14-12-21(13-15-24)20-34-28(35)26-11-4-3-10-25(26)27(32-34)23-9-7-8-22(18-23)19-30/h3-4,7-15,18H,5-6,16-17,20H2,1-2H3,(H,31,36). The predicted molar refractivity (Wildman–Crippen MR) is 144 cm³/mol. The van der Waals surface area contributed by atoms with Crippen molar-refractivity contribution in [2.75, 3.05) is 32.6 Å². The quantitative estimate of drug-likeness (QED) is 0.333. The Bertz CT molecular complexity index is 1490. The summed E-state index contributed by atoms with van der Waals surface area (Å²) < 4.78 is 6.67. The van der Waals surface area contributed by atoms with E-state index in [1.165, 1.54) is 4.68 Å². The summed E-state index contributed by atoms with van der Waals surface area (Å²) >= 11 is 0.